The fourth-order valence-electron chi connectivity index (χ4n) is 3.41. The molecule has 0 amide bonds. The maximum atomic E-state index is 14.1. The van der Waals surface area contributed by atoms with Gasteiger partial charge in [-0.25, -0.2) is 4.39 Å². The highest BCUT2D eigenvalue weighted by Gasteiger charge is 2.36. The second kappa shape index (κ2) is 5.40. The third-order valence-corrected chi connectivity index (χ3v) is 4.44. The van der Waals surface area contributed by atoms with Gasteiger partial charge >= 0.3 is 0 Å². The summed E-state index contributed by atoms with van der Waals surface area (Å²) in [6.07, 6.45) is 6.23. The van der Waals surface area contributed by atoms with Crippen LogP contribution in [0.2, 0.25) is 0 Å². The van der Waals surface area contributed by atoms with Crippen LogP contribution in [0.3, 0.4) is 0 Å². The summed E-state index contributed by atoms with van der Waals surface area (Å²) < 4.78 is 14.1. The molecule has 1 atom stereocenters. The summed E-state index contributed by atoms with van der Waals surface area (Å²) in [5.74, 6) is -0.0771. The van der Waals surface area contributed by atoms with Crippen LogP contribution < -0.4 is 5.32 Å². The molecule has 2 heteroatoms. The van der Waals surface area contributed by atoms with E-state index in [9.17, 15) is 4.39 Å². The average Bonchev–Trinajstić information content (AvgIpc) is 2.35. The van der Waals surface area contributed by atoms with Gasteiger partial charge in [0, 0.05) is 11.6 Å². The molecule has 1 aliphatic carbocycles. The molecular formula is C16H24FN. The Morgan fingerprint density at radius 1 is 1.22 bits per heavy atom. The van der Waals surface area contributed by atoms with Crippen LogP contribution >= 0.6 is 0 Å². The van der Waals surface area contributed by atoms with Gasteiger partial charge in [0.2, 0.25) is 0 Å². The van der Waals surface area contributed by atoms with Gasteiger partial charge in [0.05, 0.1) is 0 Å². The molecule has 0 heterocycles. The first-order valence-electron chi connectivity index (χ1n) is 7.00. The first kappa shape index (κ1) is 13.5. The Labute approximate surface area is 110 Å². The molecule has 0 radical (unpaired) electrons. The van der Waals surface area contributed by atoms with Crippen LogP contribution in [0.25, 0.3) is 0 Å². The van der Waals surface area contributed by atoms with Crippen molar-refractivity contribution in [3.05, 3.63) is 35.1 Å². The summed E-state index contributed by atoms with van der Waals surface area (Å²) >= 11 is 0. The summed E-state index contributed by atoms with van der Waals surface area (Å²) in [6, 6.07) is 5.56. The largest absolute Gasteiger partial charge is 0.312 e. The van der Waals surface area contributed by atoms with E-state index in [1.54, 1.807) is 6.07 Å². The lowest BCUT2D eigenvalue weighted by molar-refractivity contribution is 0.148. The Hall–Kier alpha value is -0.890. The second-order valence-electron chi connectivity index (χ2n) is 5.96. The van der Waals surface area contributed by atoms with Crippen molar-refractivity contribution in [2.75, 3.05) is 7.05 Å². The van der Waals surface area contributed by atoms with Crippen molar-refractivity contribution in [1.82, 2.24) is 5.32 Å². The lowest BCUT2D eigenvalue weighted by Gasteiger charge is -2.41. The Morgan fingerprint density at radius 2 is 1.89 bits per heavy atom. The van der Waals surface area contributed by atoms with Crippen LogP contribution in [-0.2, 0) is 0 Å². The maximum Gasteiger partial charge on any atom is 0.128 e. The normalized spacial score (nSPS) is 20.7. The fourth-order valence-corrected chi connectivity index (χ4v) is 3.41. The van der Waals surface area contributed by atoms with Crippen molar-refractivity contribution in [2.45, 2.75) is 52.0 Å². The summed E-state index contributed by atoms with van der Waals surface area (Å²) in [6.45, 7) is 4.33. The highest BCUT2D eigenvalue weighted by atomic mass is 19.1. The third kappa shape index (κ3) is 2.59. The third-order valence-electron chi connectivity index (χ3n) is 4.44. The van der Waals surface area contributed by atoms with Crippen molar-refractivity contribution in [1.29, 1.82) is 0 Å². The van der Waals surface area contributed by atoms with E-state index in [1.165, 1.54) is 32.1 Å². The van der Waals surface area contributed by atoms with Crippen molar-refractivity contribution >= 4 is 0 Å². The molecule has 1 aromatic rings. The molecule has 1 fully saturated rings. The van der Waals surface area contributed by atoms with Gasteiger partial charge in [-0.15, -0.1) is 0 Å². The van der Waals surface area contributed by atoms with E-state index in [0.717, 1.165) is 11.1 Å². The summed E-state index contributed by atoms with van der Waals surface area (Å²) in [5, 5.41) is 3.36. The number of hydrogen-bond donors (Lipinski definition) is 1. The van der Waals surface area contributed by atoms with Gasteiger partial charge in [-0.1, -0.05) is 43.9 Å². The monoisotopic (exact) mass is 249 g/mol. The van der Waals surface area contributed by atoms with Gasteiger partial charge in [-0.05, 0) is 38.3 Å². The van der Waals surface area contributed by atoms with Gasteiger partial charge in [0.1, 0.15) is 5.82 Å². The summed E-state index contributed by atoms with van der Waals surface area (Å²) in [4.78, 5) is 0. The fraction of sp³-hybridized carbons (Fsp3) is 0.625. The van der Waals surface area contributed by atoms with E-state index < -0.39 is 0 Å². The molecule has 1 nitrogen and oxygen atoms in total. The van der Waals surface area contributed by atoms with Crippen molar-refractivity contribution in [2.24, 2.45) is 5.41 Å². The molecule has 1 N–H and O–H groups in total. The predicted octanol–water partition coefficient (Wildman–Crippen LogP) is 4.37. The van der Waals surface area contributed by atoms with Crippen LogP contribution in [0.4, 0.5) is 4.39 Å². The summed E-state index contributed by atoms with van der Waals surface area (Å²) in [5.41, 5.74) is 2.15. The van der Waals surface area contributed by atoms with Crippen LogP contribution in [0, 0.1) is 18.2 Å². The molecule has 1 saturated carbocycles. The Morgan fingerprint density at radius 3 is 2.50 bits per heavy atom. The quantitative estimate of drug-likeness (QED) is 0.839. The zero-order valence-electron chi connectivity index (χ0n) is 11.7. The minimum absolute atomic E-state index is 0.0771. The van der Waals surface area contributed by atoms with Crippen LogP contribution in [-0.4, -0.2) is 7.05 Å². The molecule has 1 unspecified atom stereocenters. The number of rotatable bonds is 3. The molecule has 1 aromatic carbocycles. The van der Waals surface area contributed by atoms with Gasteiger partial charge in [0.25, 0.3) is 0 Å². The standard InChI is InChI=1S/C16H24FN/c1-12-7-8-14(17)13(11-12)15(18-3)16(2)9-5-4-6-10-16/h7-8,11,15,18H,4-6,9-10H2,1-3H3. The molecule has 100 valence electrons. The highest BCUT2D eigenvalue weighted by molar-refractivity contribution is 5.28. The number of halogens is 1. The molecule has 0 spiro atoms. The Balaban J connectivity index is 2.35. The molecule has 0 aromatic heterocycles. The van der Waals surface area contributed by atoms with Crippen LogP contribution in [0.5, 0.6) is 0 Å². The maximum absolute atomic E-state index is 14.1. The average molecular weight is 249 g/mol. The number of aryl methyl sites for hydroxylation is 1. The van der Waals surface area contributed by atoms with E-state index in [2.05, 4.69) is 12.2 Å². The summed E-state index contributed by atoms with van der Waals surface area (Å²) in [7, 11) is 1.95. The molecule has 0 aliphatic heterocycles. The van der Waals surface area contributed by atoms with Gasteiger partial charge in [-0.3, -0.25) is 0 Å². The van der Waals surface area contributed by atoms with E-state index >= 15 is 0 Å². The van der Waals surface area contributed by atoms with Gasteiger partial charge in [-0.2, -0.15) is 0 Å². The van der Waals surface area contributed by atoms with E-state index in [-0.39, 0.29) is 17.3 Å². The van der Waals surface area contributed by atoms with E-state index in [4.69, 9.17) is 0 Å². The molecule has 0 bridgehead atoms. The highest BCUT2D eigenvalue weighted by Crippen LogP contribution is 2.46. The minimum atomic E-state index is -0.0771. The van der Waals surface area contributed by atoms with Gasteiger partial charge in [0.15, 0.2) is 0 Å². The van der Waals surface area contributed by atoms with E-state index in [0.29, 0.717) is 0 Å². The predicted molar refractivity (Wildman–Crippen MR) is 74.1 cm³/mol. The number of hydrogen-bond acceptors (Lipinski definition) is 1. The van der Waals surface area contributed by atoms with Crippen LogP contribution in [0.15, 0.2) is 18.2 Å². The molecular weight excluding hydrogens is 225 g/mol. The smallest absolute Gasteiger partial charge is 0.128 e. The van der Waals surface area contributed by atoms with Gasteiger partial charge < -0.3 is 5.32 Å². The second-order valence-corrected chi connectivity index (χ2v) is 5.96. The van der Waals surface area contributed by atoms with Crippen molar-refractivity contribution < 1.29 is 4.39 Å². The van der Waals surface area contributed by atoms with E-state index in [1.807, 2.05) is 26.1 Å². The first-order chi connectivity index (χ1) is 8.57. The Bertz CT molecular complexity index is 408. The zero-order chi connectivity index (χ0) is 13.2. The minimum Gasteiger partial charge on any atom is -0.312 e. The van der Waals surface area contributed by atoms with Crippen molar-refractivity contribution in [3.63, 3.8) is 0 Å². The number of nitrogens with one attached hydrogen (secondary N) is 1. The Kier molecular flexibility index (Phi) is 4.06. The number of benzene rings is 1. The molecule has 2 rings (SSSR count). The van der Waals surface area contributed by atoms with Crippen LogP contribution in [0.1, 0.15) is 56.2 Å². The first-order valence-corrected chi connectivity index (χ1v) is 7.00. The lowest BCUT2D eigenvalue weighted by Crippen LogP contribution is -2.36. The topological polar surface area (TPSA) is 12.0 Å². The molecule has 18 heavy (non-hydrogen) atoms. The SMILES string of the molecule is CNC(c1cc(C)ccc1F)C1(C)CCCCC1. The zero-order valence-corrected chi connectivity index (χ0v) is 11.7. The molecule has 1 aliphatic rings. The lowest BCUT2D eigenvalue weighted by atomic mass is 9.68. The molecule has 0 saturated heterocycles. The van der Waals surface area contributed by atoms with Crippen molar-refractivity contribution in [3.8, 4) is 0 Å².